The minimum Gasteiger partial charge on any atom is -0.480 e. The molecule has 3 N–H and O–H groups in total. The summed E-state index contributed by atoms with van der Waals surface area (Å²) in [6.45, 7) is 4.92. The highest BCUT2D eigenvalue weighted by Crippen LogP contribution is 2.36. The van der Waals surface area contributed by atoms with Gasteiger partial charge in [0.1, 0.15) is 6.04 Å². The largest absolute Gasteiger partial charge is 0.513 e. The average Bonchev–Trinajstić information content (AvgIpc) is 2.73. The van der Waals surface area contributed by atoms with Gasteiger partial charge in [0.15, 0.2) is 11.5 Å². The van der Waals surface area contributed by atoms with Crippen molar-refractivity contribution in [2.45, 2.75) is 32.7 Å². The van der Waals surface area contributed by atoms with Crippen LogP contribution in [0.15, 0.2) is 18.2 Å². The molecule has 1 aromatic carbocycles. The quantitative estimate of drug-likeness (QED) is 0.328. The van der Waals surface area contributed by atoms with Crippen LogP contribution >= 0.6 is 0 Å². The van der Waals surface area contributed by atoms with Crippen molar-refractivity contribution in [1.29, 1.82) is 0 Å². The van der Waals surface area contributed by atoms with E-state index in [0.717, 1.165) is 14.2 Å². The molecule has 11 heteroatoms. The Bertz CT molecular complexity index is 807. The number of rotatable bonds is 9. The Morgan fingerprint density at radius 3 is 2.00 bits per heavy atom. The van der Waals surface area contributed by atoms with Crippen LogP contribution in [0, 0.1) is 11.8 Å². The van der Waals surface area contributed by atoms with Gasteiger partial charge in [-0.2, -0.15) is 0 Å². The monoisotopic (exact) mass is 441 g/mol. The summed E-state index contributed by atoms with van der Waals surface area (Å²) in [5, 5.41) is 9.46. The topological polar surface area (TPSA) is 161 Å². The molecule has 0 aromatic heterocycles. The molecular formula is C20H27NO10. The maximum Gasteiger partial charge on any atom is 0.513 e. The molecule has 0 saturated carbocycles. The number of aliphatic carboxylic acids is 1. The number of esters is 1. The van der Waals surface area contributed by atoms with Crippen LogP contribution in [-0.2, 0) is 23.8 Å². The molecule has 0 heterocycles. The van der Waals surface area contributed by atoms with E-state index in [-0.39, 0.29) is 24.0 Å². The van der Waals surface area contributed by atoms with Gasteiger partial charge in [-0.15, -0.1) is 0 Å². The van der Waals surface area contributed by atoms with Crippen LogP contribution < -0.4 is 15.2 Å². The Kier molecular flexibility index (Phi) is 9.74. The molecule has 172 valence electrons. The number of carboxylic acids is 1. The number of carboxylic acid groups (broad SMARTS) is 1. The highest BCUT2D eigenvalue weighted by Gasteiger charge is 2.33. The second-order valence-corrected chi connectivity index (χ2v) is 6.97. The van der Waals surface area contributed by atoms with E-state index in [9.17, 15) is 24.3 Å². The van der Waals surface area contributed by atoms with Crippen LogP contribution in [-0.4, -0.2) is 56.2 Å². The molecule has 0 aliphatic carbocycles. The summed E-state index contributed by atoms with van der Waals surface area (Å²) in [4.78, 5) is 46.4. The summed E-state index contributed by atoms with van der Waals surface area (Å²) in [7, 11) is 2.18. The molecule has 3 atom stereocenters. The smallest absolute Gasteiger partial charge is 0.480 e. The number of carbonyl (C=O) groups is 4. The third-order valence-electron chi connectivity index (χ3n) is 4.32. The molecule has 0 spiro atoms. The molecule has 1 rings (SSSR count). The van der Waals surface area contributed by atoms with Crippen LogP contribution in [0.25, 0.3) is 0 Å². The Balaban J connectivity index is 3.33. The molecule has 0 aliphatic heterocycles. The summed E-state index contributed by atoms with van der Waals surface area (Å²) in [6, 6.07) is 2.67. The van der Waals surface area contributed by atoms with Crippen LogP contribution in [0.2, 0.25) is 0 Å². The van der Waals surface area contributed by atoms with Crippen molar-refractivity contribution in [3.8, 4) is 11.5 Å². The van der Waals surface area contributed by atoms with Gasteiger partial charge in [0.2, 0.25) is 0 Å². The van der Waals surface area contributed by atoms with E-state index < -0.39 is 42.1 Å². The highest BCUT2D eigenvalue weighted by molar-refractivity contribution is 5.75. The van der Waals surface area contributed by atoms with Gasteiger partial charge in [-0.3, -0.25) is 9.59 Å². The minimum absolute atomic E-state index is 0.0870. The predicted octanol–water partition coefficient (Wildman–Crippen LogP) is 2.31. The second-order valence-electron chi connectivity index (χ2n) is 6.97. The van der Waals surface area contributed by atoms with Crippen molar-refractivity contribution in [3.05, 3.63) is 23.8 Å². The summed E-state index contributed by atoms with van der Waals surface area (Å²) in [6.07, 6.45) is -2.15. The number of nitrogens with two attached hydrogens (primary N) is 1. The Hall–Kier alpha value is -3.34. The molecular weight excluding hydrogens is 414 g/mol. The number of hydrogen-bond acceptors (Lipinski definition) is 10. The average molecular weight is 441 g/mol. The van der Waals surface area contributed by atoms with Gasteiger partial charge in [-0.25, -0.2) is 9.59 Å². The first-order chi connectivity index (χ1) is 14.5. The summed E-state index contributed by atoms with van der Waals surface area (Å²) < 4.78 is 24.0. The molecule has 0 fully saturated rings. The molecule has 0 saturated heterocycles. The van der Waals surface area contributed by atoms with Crippen molar-refractivity contribution in [2.75, 3.05) is 20.8 Å². The van der Waals surface area contributed by atoms with E-state index in [4.69, 9.17) is 19.9 Å². The van der Waals surface area contributed by atoms with E-state index in [0.29, 0.717) is 5.56 Å². The fourth-order valence-corrected chi connectivity index (χ4v) is 2.69. The molecule has 0 radical (unpaired) electrons. The van der Waals surface area contributed by atoms with Crippen molar-refractivity contribution < 1.29 is 48.0 Å². The lowest BCUT2D eigenvalue weighted by Gasteiger charge is -2.28. The van der Waals surface area contributed by atoms with Gasteiger partial charge in [0, 0.05) is 5.92 Å². The van der Waals surface area contributed by atoms with Crippen molar-refractivity contribution in [2.24, 2.45) is 17.6 Å². The van der Waals surface area contributed by atoms with Crippen LogP contribution in [0.3, 0.4) is 0 Å². The van der Waals surface area contributed by atoms with Crippen molar-refractivity contribution >= 4 is 24.2 Å². The summed E-state index contributed by atoms with van der Waals surface area (Å²) in [5.74, 6) is -3.82. The lowest BCUT2D eigenvalue weighted by Crippen LogP contribution is -2.40. The molecule has 2 unspecified atom stereocenters. The first kappa shape index (κ1) is 25.7. The van der Waals surface area contributed by atoms with Gasteiger partial charge in [-0.1, -0.05) is 26.8 Å². The molecule has 0 amide bonds. The Morgan fingerprint density at radius 2 is 1.52 bits per heavy atom. The van der Waals surface area contributed by atoms with Gasteiger partial charge in [0.25, 0.3) is 0 Å². The van der Waals surface area contributed by atoms with Gasteiger partial charge < -0.3 is 34.5 Å². The van der Waals surface area contributed by atoms with E-state index in [2.05, 4.69) is 9.47 Å². The lowest BCUT2D eigenvalue weighted by atomic mass is 9.82. The minimum atomic E-state index is -1.37. The van der Waals surface area contributed by atoms with Crippen molar-refractivity contribution in [1.82, 2.24) is 0 Å². The third-order valence-corrected chi connectivity index (χ3v) is 4.32. The van der Waals surface area contributed by atoms with Gasteiger partial charge in [-0.05, 0) is 23.6 Å². The van der Waals surface area contributed by atoms with Crippen molar-refractivity contribution in [3.63, 3.8) is 0 Å². The number of benzene rings is 1. The number of methoxy groups -OCH3 is 2. The standard InChI is InChI=1S/C20H27NO10/c1-10(2)18(24)29-9-11(3)15(16(21)17(22)23)12-6-7-13(30-19(25)27-4)14(8-12)31-20(26)28-5/h6-8,10-11,15-16H,9,21H2,1-5H3,(H,22,23)/t11?,15?,16-/m0/s1. The van der Waals surface area contributed by atoms with E-state index in [1.807, 2.05) is 0 Å². The first-order valence-electron chi connectivity index (χ1n) is 9.32. The number of hydrogen-bond donors (Lipinski definition) is 2. The van der Waals surface area contributed by atoms with Gasteiger partial charge >= 0.3 is 24.2 Å². The number of ether oxygens (including phenoxy) is 5. The maximum atomic E-state index is 11.8. The molecule has 1 aromatic rings. The van der Waals surface area contributed by atoms with E-state index in [1.54, 1.807) is 20.8 Å². The highest BCUT2D eigenvalue weighted by atomic mass is 16.7. The predicted molar refractivity (Wildman–Crippen MR) is 106 cm³/mol. The summed E-state index contributed by atoms with van der Waals surface area (Å²) in [5.41, 5.74) is 6.25. The van der Waals surface area contributed by atoms with Crippen LogP contribution in [0.4, 0.5) is 9.59 Å². The second kappa shape index (κ2) is 11.7. The van der Waals surface area contributed by atoms with Crippen LogP contribution in [0.5, 0.6) is 11.5 Å². The lowest BCUT2D eigenvalue weighted by molar-refractivity contribution is -0.149. The van der Waals surface area contributed by atoms with E-state index >= 15 is 0 Å². The molecule has 11 nitrogen and oxygen atoms in total. The summed E-state index contributed by atoms with van der Waals surface area (Å²) >= 11 is 0. The number of carbonyl (C=O) groups excluding carboxylic acids is 3. The normalized spacial score (nSPS) is 13.5. The zero-order valence-electron chi connectivity index (χ0n) is 17.9. The van der Waals surface area contributed by atoms with E-state index in [1.165, 1.54) is 18.2 Å². The first-order valence-corrected chi connectivity index (χ1v) is 9.32. The molecule has 31 heavy (non-hydrogen) atoms. The Morgan fingerprint density at radius 1 is 0.968 bits per heavy atom. The SMILES string of the molecule is COC(=O)Oc1ccc(C(C(C)COC(=O)C(C)C)[C@H](N)C(=O)O)cc1OC(=O)OC. The van der Waals surface area contributed by atoms with Crippen LogP contribution in [0.1, 0.15) is 32.3 Å². The zero-order valence-corrected chi connectivity index (χ0v) is 17.9. The zero-order chi connectivity index (χ0) is 23.7. The molecule has 0 bridgehead atoms. The fraction of sp³-hybridized carbons (Fsp3) is 0.500. The Labute approximate surface area is 179 Å². The van der Waals surface area contributed by atoms with Gasteiger partial charge in [0.05, 0.1) is 26.7 Å². The third kappa shape index (κ3) is 7.45. The molecule has 0 aliphatic rings. The maximum absolute atomic E-state index is 11.8. The fourth-order valence-electron chi connectivity index (χ4n) is 2.69.